The third kappa shape index (κ3) is 4.69. The van der Waals surface area contributed by atoms with Crippen molar-refractivity contribution in [3.05, 3.63) is 54.3 Å². The van der Waals surface area contributed by atoms with E-state index >= 15 is 0 Å². The molecule has 28 heavy (non-hydrogen) atoms. The van der Waals surface area contributed by atoms with Gasteiger partial charge in [0.05, 0.1) is 23.3 Å². The van der Waals surface area contributed by atoms with E-state index in [4.69, 9.17) is 0 Å². The molecule has 0 aliphatic heterocycles. The van der Waals surface area contributed by atoms with Crippen LogP contribution in [-0.4, -0.2) is 45.6 Å². The Morgan fingerprint density at radius 3 is 2.61 bits per heavy atom. The van der Waals surface area contributed by atoms with Crippen molar-refractivity contribution >= 4 is 40.3 Å². The van der Waals surface area contributed by atoms with Crippen molar-refractivity contribution in [2.45, 2.75) is 18.6 Å². The number of likely N-dealkylation sites (N-methyl/N-ethyl adjacent to an activating group) is 1. The van der Waals surface area contributed by atoms with Crippen LogP contribution in [0.1, 0.15) is 6.92 Å². The monoisotopic (exact) mass is 400 g/mol. The SMILES string of the molecule is CCn1c(SCC(=O)N(C)CC(=O)Nc2ccc(F)cc2)nc2ccccc21. The third-order valence-corrected chi connectivity index (χ3v) is 5.16. The van der Waals surface area contributed by atoms with Crippen LogP contribution >= 0.6 is 11.8 Å². The van der Waals surface area contributed by atoms with Gasteiger partial charge in [-0.1, -0.05) is 23.9 Å². The molecule has 8 heteroatoms. The van der Waals surface area contributed by atoms with E-state index in [1.807, 2.05) is 31.2 Å². The van der Waals surface area contributed by atoms with Crippen molar-refractivity contribution < 1.29 is 14.0 Å². The highest BCUT2D eigenvalue weighted by molar-refractivity contribution is 7.99. The minimum atomic E-state index is -0.375. The fourth-order valence-corrected chi connectivity index (χ4v) is 3.76. The van der Waals surface area contributed by atoms with Crippen molar-refractivity contribution in [1.82, 2.24) is 14.5 Å². The summed E-state index contributed by atoms with van der Waals surface area (Å²) in [7, 11) is 1.58. The van der Waals surface area contributed by atoms with E-state index < -0.39 is 0 Å². The van der Waals surface area contributed by atoms with E-state index in [1.54, 1.807) is 7.05 Å². The number of benzene rings is 2. The minimum absolute atomic E-state index is 0.0824. The van der Waals surface area contributed by atoms with Crippen LogP contribution in [0.2, 0.25) is 0 Å². The first-order valence-electron chi connectivity index (χ1n) is 8.85. The molecule has 2 amide bonds. The second-order valence-corrected chi connectivity index (χ2v) is 7.16. The number of para-hydroxylation sites is 2. The number of amides is 2. The Hall–Kier alpha value is -2.87. The van der Waals surface area contributed by atoms with E-state index in [0.717, 1.165) is 22.7 Å². The molecule has 0 fully saturated rings. The summed E-state index contributed by atoms with van der Waals surface area (Å²) >= 11 is 1.35. The number of nitrogens with zero attached hydrogens (tertiary/aromatic N) is 3. The Labute approximate surface area is 166 Å². The topological polar surface area (TPSA) is 67.2 Å². The maximum Gasteiger partial charge on any atom is 0.243 e. The van der Waals surface area contributed by atoms with E-state index in [0.29, 0.717) is 5.69 Å². The number of halogens is 1. The molecule has 146 valence electrons. The van der Waals surface area contributed by atoms with Crippen LogP contribution in [0.25, 0.3) is 11.0 Å². The molecule has 0 bridgehead atoms. The number of carbonyl (C=O) groups is 2. The standard InChI is InChI=1S/C20H21FN4O2S/c1-3-25-17-7-5-4-6-16(17)23-20(25)28-13-19(27)24(2)12-18(26)22-15-10-8-14(21)9-11-15/h4-11H,3,12-13H2,1-2H3,(H,22,26). The van der Waals surface area contributed by atoms with Crippen LogP contribution in [0.3, 0.4) is 0 Å². The minimum Gasteiger partial charge on any atom is -0.336 e. The summed E-state index contributed by atoms with van der Waals surface area (Å²) < 4.78 is 15.0. The molecule has 6 nitrogen and oxygen atoms in total. The first-order valence-corrected chi connectivity index (χ1v) is 9.84. The van der Waals surface area contributed by atoms with Gasteiger partial charge in [-0.25, -0.2) is 9.37 Å². The number of nitrogens with one attached hydrogen (secondary N) is 1. The fourth-order valence-electron chi connectivity index (χ4n) is 2.74. The largest absolute Gasteiger partial charge is 0.336 e. The molecule has 0 unspecified atom stereocenters. The van der Waals surface area contributed by atoms with Gasteiger partial charge in [0.25, 0.3) is 0 Å². The van der Waals surface area contributed by atoms with Crippen molar-refractivity contribution in [3.8, 4) is 0 Å². The van der Waals surface area contributed by atoms with Gasteiger partial charge in [0.1, 0.15) is 5.82 Å². The lowest BCUT2D eigenvalue weighted by atomic mass is 10.3. The normalized spacial score (nSPS) is 10.8. The zero-order chi connectivity index (χ0) is 20.1. The molecule has 3 rings (SSSR count). The molecule has 1 aromatic heterocycles. The van der Waals surface area contributed by atoms with E-state index in [9.17, 15) is 14.0 Å². The predicted molar refractivity (Wildman–Crippen MR) is 109 cm³/mol. The maximum atomic E-state index is 12.9. The van der Waals surface area contributed by atoms with Crippen molar-refractivity contribution in [2.24, 2.45) is 0 Å². The van der Waals surface area contributed by atoms with Gasteiger partial charge in [0.15, 0.2) is 5.16 Å². The highest BCUT2D eigenvalue weighted by atomic mass is 32.2. The average Bonchev–Trinajstić information content (AvgIpc) is 3.05. The Morgan fingerprint density at radius 2 is 1.89 bits per heavy atom. The summed E-state index contributed by atoms with van der Waals surface area (Å²) in [6.45, 7) is 2.71. The van der Waals surface area contributed by atoms with E-state index in [2.05, 4.69) is 14.9 Å². The highest BCUT2D eigenvalue weighted by Crippen LogP contribution is 2.24. The number of thioether (sulfide) groups is 1. The fraction of sp³-hybridized carbons (Fsp3) is 0.250. The summed E-state index contributed by atoms with van der Waals surface area (Å²) in [5.74, 6) is -0.702. The van der Waals surface area contributed by atoms with Crippen LogP contribution in [0.15, 0.2) is 53.7 Å². The van der Waals surface area contributed by atoms with Gasteiger partial charge in [-0.3, -0.25) is 9.59 Å². The van der Waals surface area contributed by atoms with Crippen LogP contribution in [0.4, 0.5) is 10.1 Å². The lowest BCUT2D eigenvalue weighted by Gasteiger charge is -2.16. The Kier molecular flexibility index (Phi) is 6.30. The number of rotatable bonds is 7. The van der Waals surface area contributed by atoms with Crippen LogP contribution in [-0.2, 0) is 16.1 Å². The zero-order valence-corrected chi connectivity index (χ0v) is 16.5. The molecule has 0 saturated heterocycles. The third-order valence-electron chi connectivity index (χ3n) is 4.20. The number of hydrogen-bond acceptors (Lipinski definition) is 4. The second-order valence-electron chi connectivity index (χ2n) is 6.22. The van der Waals surface area contributed by atoms with Crippen molar-refractivity contribution in [1.29, 1.82) is 0 Å². The molecule has 3 aromatic rings. The lowest BCUT2D eigenvalue weighted by molar-refractivity contribution is -0.131. The first-order chi connectivity index (χ1) is 13.5. The highest BCUT2D eigenvalue weighted by Gasteiger charge is 2.16. The number of imidazole rings is 1. The molecule has 0 aliphatic rings. The molecule has 1 N–H and O–H groups in total. The molecule has 0 spiro atoms. The number of hydrogen-bond donors (Lipinski definition) is 1. The second kappa shape index (κ2) is 8.88. The number of aryl methyl sites for hydroxylation is 1. The molecule has 0 atom stereocenters. The van der Waals surface area contributed by atoms with Gasteiger partial charge >= 0.3 is 0 Å². The van der Waals surface area contributed by atoms with Gasteiger partial charge in [-0.2, -0.15) is 0 Å². The summed E-state index contributed by atoms with van der Waals surface area (Å²) in [6.07, 6.45) is 0. The Bertz CT molecular complexity index is 988. The molecule has 0 radical (unpaired) electrons. The smallest absolute Gasteiger partial charge is 0.243 e. The van der Waals surface area contributed by atoms with Crippen molar-refractivity contribution in [3.63, 3.8) is 0 Å². The van der Waals surface area contributed by atoms with Gasteiger partial charge < -0.3 is 14.8 Å². The van der Waals surface area contributed by atoms with Gasteiger partial charge in [-0.15, -0.1) is 0 Å². The van der Waals surface area contributed by atoms with Gasteiger partial charge in [0, 0.05) is 19.3 Å². The lowest BCUT2D eigenvalue weighted by Crippen LogP contribution is -2.36. The summed E-state index contributed by atoms with van der Waals surface area (Å²) in [5, 5.41) is 3.42. The van der Waals surface area contributed by atoms with Gasteiger partial charge in [-0.05, 0) is 43.3 Å². The molecule has 0 saturated carbocycles. The first kappa shape index (κ1) is 19.9. The average molecular weight is 400 g/mol. The van der Waals surface area contributed by atoms with Crippen LogP contribution < -0.4 is 5.32 Å². The number of fused-ring (bicyclic) bond motifs is 1. The summed E-state index contributed by atoms with van der Waals surface area (Å²) in [4.78, 5) is 30.4. The van der Waals surface area contributed by atoms with Crippen molar-refractivity contribution in [2.75, 3.05) is 24.7 Å². The number of carbonyl (C=O) groups excluding carboxylic acids is 2. The van der Waals surface area contributed by atoms with Crippen LogP contribution in [0, 0.1) is 5.82 Å². The van der Waals surface area contributed by atoms with Crippen LogP contribution in [0.5, 0.6) is 0 Å². The molecule has 0 aliphatic carbocycles. The van der Waals surface area contributed by atoms with Gasteiger partial charge in [0.2, 0.25) is 11.8 Å². The zero-order valence-electron chi connectivity index (χ0n) is 15.7. The summed E-state index contributed by atoms with van der Waals surface area (Å²) in [6, 6.07) is 13.3. The molecular weight excluding hydrogens is 379 g/mol. The molecular formula is C20H21FN4O2S. The Balaban J connectivity index is 1.55. The predicted octanol–water partition coefficient (Wildman–Crippen LogP) is 3.38. The Morgan fingerprint density at radius 1 is 1.18 bits per heavy atom. The quantitative estimate of drug-likeness (QED) is 0.618. The number of anilines is 1. The maximum absolute atomic E-state index is 12.9. The summed E-state index contributed by atoms with van der Waals surface area (Å²) in [5.41, 5.74) is 2.41. The van der Waals surface area contributed by atoms with E-state index in [-0.39, 0.29) is 29.9 Å². The number of aromatic nitrogens is 2. The molecule has 2 aromatic carbocycles. The molecule has 1 heterocycles. The van der Waals surface area contributed by atoms with E-state index in [1.165, 1.54) is 40.9 Å².